The Morgan fingerprint density at radius 1 is 1.00 bits per heavy atom. The minimum atomic E-state index is -0.237. The van der Waals surface area contributed by atoms with Crippen LogP contribution in [-0.4, -0.2) is 25.5 Å². The second-order valence-corrected chi connectivity index (χ2v) is 8.56. The Morgan fingerprint density at radius 2 is 1.70 bits per heavy atom. The second-order valence-electron chi connectivity index (χ2n) is 8.56. The Hall–Kier alpha value is -3.74. The fraction of sp³-hybridized carbons (Fsp3) is 0.308. The van der Waals surface area contributed by atoms with Crippen molar-refractivity contribution in [2.75, 3.05) is 5.32 Å². The van der Waals surface area contributed by atoms with Crippen LogP contribution in [0.5, 0.6) is 0 Å². The number of aryl methyl sites for hydroxylation is 3. The molecule has 0 aliphatic rings. The molecule has 0 aliphatic carbocycles. The van der Waals surface area contributed by atoms with Gasteiger partial charge in [0.05, 0.1) is 22.5 Å². The summed E-state index contributed by atoms with van der Waals surface area (Å²) >= 11 is 0. The maximum atomic E-state index is 13.1. The van der Waals surface area contributed by atoms with Gasteiger partial charge in [-0.2, -0.15) is 10.2 Å². The van der Waals surface area contributed by atoms with E-state index in [1.165, 1.54) is 4.68 Å². The molecule has 2 aromatic heterocycles. The fourth-order valence-corrected chi connectivity index (χ4v) is 4.17. The zero-order valence-corrected chi connectivity index (χ0v) is 19.5. The number of hydrogen-bond donors (Lipinski definition) is 1. The van der Waals surface area contributed by atoms with Crippen LogP contribution in [0.25, 0.3) is 16.6 Å². The quantitative estimate of drug-likeness (QED) is 0.447. The molecule has 0 saturated carbocycles. The van der Waals surface area contributed by atoms with Gasteiger partial charge in [0, 0.05) is 18.7 Å². The summed E-state index contributed by atoms with van der Waals surface area (Å²) in [6.07, 6.45) is 0.807. The Bertz CT molecular complexity index is 1350. The molecule has 1 amide bonds. The zero-order valence-electron chi connectivity index (χ0n) is 19.5. The first-order chi connectivity index (χ1) is 15.9. The number of aromatic nitrogens is 4. The molecule has 33 heavy (non-hydrogen) atoms. The van der Waals surface area contributed by atoms with E-state index in [1.54, 1.807) is 4.68 Å². The van der Waals surface area contributed by atoms with Crippen molar-refractivity contribution >= 4 is 22.5 Å². The summed E-state index contributed by atoms with van der Waals surface area (Å²) in [6.45, 7) is 8.38. The summed E-state index contributed by atoms with van der Waals surface area (Å²) < 4.78 is 3.21. The summed E-state index contributed by atoms with van der Waals surface area (Å²) in [5.74, 6) is 0.247. The first kappa shape index (κ1) is 22.5. The lowest BCUT2D eigenvalue weighted by Crippen LogP contribution is -2.25. The van der Waals surface area contributed by atoms with Crippen LogP contribution in [0.2, 0.25) is 0 Å². The van der Waals surface area contributed by atoms with Gasteiger partial charge in [0.15, 0.2) is 5.52 Å². The highest BCUT2D eigenvalue weighted by molar-refractivity contribution is 5.91. The van der Waals surface area contributed by atoms with Gasteiger partial charge in [-0.05, 0) is 49.9 Å². The first-order valence-electron chi connectivity index (χ1n) is 11.3. The van der Waals surface area contributed by atoms with E-state index in [4.69, 9.17) is 0 Å². The molecule has 170 valence electrons. The molecule has 0 saturated heterocycles. The van der Waals surface area contributed by atoms with Gasteiger partial charge in [-0.1, -0.05) is 50.2 Å². The highest BCUT2D eigenvalue weighted by Gasteiger charge is 2.17. The van der Waals surface area contributed by atoms with Crippen molar-refractivity contribution in [1.29, 1.82) is 0 Å². The van der Waals surface area contributed by atoms with E-state index in [9.17, 15) is 9.59 Å². The van der Waals surface area contributed by atoms with Gasteiger partial charge in [-0.3, -0.25) is 9.59 Å². The molecule has 0 radical (unpaired) electrons. The molecular weight excluding hydrogens is 414 g/mol. The highest BCUT2D eigenvalue weighted by Crippen LogP contribution is 2.24. The van der Waals surface area contributed by atoms with E-state index in [-0.39, 0.29) is 11.5 Å². The number of benzene rings is 2. The summed E-state index contributed by atoms with van der Waals surface area (Å²) in [6, 6.07) is 17.6. The number of carbonyl (C=O) groups is 1. The Labute approximate surface area is 193 Å². The third-order valence-electron chi connectivity index (χ3n) is 5.82. The van der Waals surface area contributed by atoms with Crippen LogP contribution in [0.4, 0.5) is 5.69 Å². The molecule has 7 nitrogen and oxygen atoms in total. The van der Waals surface area contributed by atoms with Gasteiger partial charge in [-0.25, -0.2) is 9.36 Å². The number of hydrogen-bond acceptors (Lipinski definition) is 4. The van der Waals surface area contributed by atoms with Crippen molar-refractivity contribution in [3.05, 3.63) is 81.9 Å². The summed E-state index contributed by atoms with van der Waals surface area (Å²) in [4.78, 5) is 25.6. The average Bonchev–Trinajstić information content (AvgIpc) is 3.16. The van der Waals surface area contributed by atoms with E-state index in [2.05, 4.69) is 29.4 Å². The molecule has 4 rings (SSSR count). The number of nitrogens with one attached hydrogen (secondary N) is 1. The number of nitrogens with zero attached hydrogens (tertiary/aromatic N) is 4. The van der Waals surface area contributed by atoms with Crippen molar-refractivity contribution in [3.8, 4) is 5.69 Å². The summed E-state index contributed by atoms with van der Waals surface area (Å²) in [7, 11) is 0. The third-order valence-corrected chi connectivity index (χ3v) is 5.82. The van der Waals surface area contributed by atoms with Gasteiger partial charge in [0.25, 0.3) is 5.56 Å². The van der Waals surface area contributed by atoms with Gasteiger partial charge < -0.3 is 5.32 Å². The lowest BCUT2D eigenvalue weighted by Gasteiger charge is -2.13. The second kappa shape index (κ2) is 9.40. The standard InChI is InChI=1S/C26H29N5O2/c1-17(2)21-13-8-9-14-22(21)27-23(32)15-10-16-30-26(33)25-24(18(3)28-30)19(4)31(29-25)20-11-6-5-7-12-20/h5-9,11-14,17H,10,15-16H2,1-4H3,(H,27,32). The molecule has 0 fully saturated rings. The van der Waals surface area contributed by atoms with Crippen LogP contribution in [-0.2, 0) is 11.3 Å². The van der Waals surface area contributed by atoms with Gasteiger partial charge in [0.2, 0.25) is 5.91 Å². The van der Waals surface area contributed by atoms with E-state index in [1.807, 2.05) is 68.4 Å². The lowest BCUT2D eigenvalue weighted by atomic mass is 10.0. The lowest BCUT2D eigenvalue weighted by molar-refractivity contribution is -0.116. The predicted molar refractivity (Wildman–Crippen MR) is 131 cm³/mol. The van der Waals surface area contributed by atoms with Gasteiger partial charge >= 0.3 is 0 Å². The molecule has 4 aromatic rings. The predicted octanol–water partition coefficient (Wildman–Crippen LogP) is 4.74. The Morgan fingerprint density at radius 3 is 2.42 bits per heavy atom. The number of anilines is 1. The summed E-state index contributed by atoms with van der Waals surface area (Å²) in [5.41, 5.74) is 4.64. The smallest absolute Gasteiger partial charge is 0.295 e. The maximum Gasteiger partial charge on any atom is 0.295 e. The van der Waals surface area contributed by atoms with Gasteiger partial charge in [0.1, 0.15) is 0 Å². The fourth-order valence-electron chi connectivity index (χ4n) is 4.17. The van der Waals surface area contributed by atoms with Crippen LogP contribution in [0.1, 0.15) is 49.6 Å². The molecule has 1 N–H and O–H groups in total. The van der Waals surface area contributed by atoms with Crippen molar-refractivity contribution < 1.29 is 4.79 Å². The molecule has 0 atom stereocenters. The van der Waals surface area contributed by atoms with E-state index >= 15 is 0 Å². The zero-order chi connectivity index (χ0) is 23.5. The molecule has 2 aromatic carbocycles. The van der Waals surface area contributed by atoms with Crippen molar-refractivity contribution in [2.24, 2.45) is 0 Å². The van der Waals surface area contributed by atoms with E-state index in [0.717, 1.165) is 33.7 Å². The van der Waals surface area contributed by atoms with Crippen LogP contribution in [0.3, 0.4) is 0 Å². The van der Waals surface area contributed by atoms with E-state index in [0.29, 0.717) is 30.8 Å². The maximum absolute atomic E-state index is 13.1. The number of carbonyl (C=O) groups excluding carboxylic acids is 1. The number of para-hydroxylation sites is 2. The normalized spacial score (nSPS) is 11.3. The third kappa shape index (κ3) is 4.58. The van der Waals surface area contributed by atoms with Crippen molar-refractivity contribution in [3.63, 3.8) is 0 Å². The molecule has 7 heteroatoms. The molecule has 0 bridgehead atoms. The van der Waals surface area contributed by atoms with Crippen LogP contribution in [0.15, 0.2) is 59.4 Å². The average molecular weight is 444 g/mol. The number of amides is 1. The van der Waals surface area contributed by atoms with Crippen LogP contribution < -0.4 is 10.9 Å². The molecule has 0 spiro atoms. The van der Waals surface area contributed by atoms with Gasteiger partial charge in [-0.15, -0.1) is 0 Å². The minimum absolute atomic E-state index is 0.0712. The Kier molecular flexibility index (Phi) is 6.40. The highest BCUT2D eigenvalue weighted by atomic mass is 16.1. The molecule has 0 aliphatic heterocycles. The number of fused-ring (bicyclic) bond motifs is 1. The monoisotopic (exact) mass is 443 g/mol. The molecular formula is C26H29N5O2. The summed E-state index contributed by atoms with van der Waals surface area (Å²) in [5, 5.41) is 12.9. The van der Waals surface area contributed by atoms with Crippen LogP contribution in [0, 0.1) is 13.8 Å². The van der Waals surface area contributed by atoms with E-state index < -0.39 is 0 Å². The van der Waals surface area contributed by atoms with Crippen molar-refractivity contribution in [1.82, 2.24) is 19.6 Å². The topological polar surface area (TPSA) is 81.8 Å². The number of rotatable bonds is 7. The SMILES string of the molecule is Cc1nn(CCCC(=O)Nc2ccccc2C(C)C)c(=O)c2nn(-c3ccccc3)c(C)c12. The minimum Gasteiger partial charge on any atom is -0.326 e. The first-order valence-corrected chi connectivity index (χ1v) is 11.3. The molecule has 0 unspecified atom stereocenters. The van der Waals surface area contributed by atoms with Crippen LogP contribution >= 0.6 is 0 Å². The largest absolute Gasteiger partial charge is 0.326 e. The van der Waals surface area contributed by atoms with Crippen molar-refractivity contribution in [2.45, 2.75) is 53.0 Å². The Balaban J connectivity index is 1.50. The molecule has 2 heterocycles.